The van der Waals surface area contributed by atoms with Gasteiger partial charge in [-0.15, -0.1) is 0 Å². The zero-order valence-electron chi connectivity index (χ0n) is 13.2. The Balaban J connectivity index is 1.71. The van der Waals surface area contributed by atoms with Gasteiger partial charge in [-0.3, -0.25) is 0 Å². The van der Waals surface area contributed by atoms with Gasteiger partial charge in [-0.05, 0) is 30.2 Å². The molecule has 0 aliphatic carbocycles. The van der Waals surface area contributed by atoms with Crippen LogP contribution in [0.1, 0.15) is 16.2 Å². The number of aromatic carboxylic acids is 1. The highest BCUT2D eigenvalue weighted by molar-refractivity contribution is 5.87. The van der Waals surface area contributed by atoms with E-state index < -0.39 is 5.97 Å². The van der Waals surface area contributed by atoms with Crippen LogP contribution in [0.15, 0.2) is 54.5 Å². The average Bonchev–Trinajstić information content (AvgIpc) is 3.06. The van der Waals surface area contributed by atoms with Crippen molar-refractivity contribution in [3.63, 3.8) is 0 Å². The largest absolute Gasteiger partial charge is 0.476 e. The molecule has 0 radical (unpaired) electrons. The van der Waals surface area contributed by atoms with Crippen LogP contribution in [0.25, 0.3) is 0 Å². The normalized spacial score (nSPS) is 13.1. The average molecular weight is 335 g/mol. The highest BCUT2D eigenvalue weighted by atomic mass is 16.5. The smallest absolute Gasteiger partial charge is 0.359 e. The first-order valence-electron chi connectivity index (χ1n) is 7.15. The number of likely N-dealkylation sites (N-methyl/N-ethyl adjacent to an activating group) is 1. The fourth-order valence-corrected chi connectivity index (χ4v) is 1.90. The molecule has 0 saturated heterocycles. The van der Waals surface area contributed by atoms with Gasteiger partial charge in [-0.2, -0.15) is 0 Å². The number of hydrogen-bond acceptors (Lipinski definition) is 6. The SMILES string of the molecule is C=C1C=CC(C#Cc2ccc(Oc3nn[nH]c3C(=O)O)cn2)=CN1C. The highest BCUT2D eigenvalue weighted by Crippen LogP contribution is 2.20. The van der Waals surface area contributed by atoms with Crippen molar-refractivity contribution in [1.82, 2.24) is 25.3 Å². The third kappa shape index (κ3) is 3.73. The van der Waals surface area contributed by atoms with Crippen LogP contribution in [-0.2, 0) is 0 Å². The van der Waals surface area contributed by atoms with E-state index in [0.29, 0.717) is 11.4 Å². The van der Waals surface area contributed by atoms with E-state index in [1.165, 1.54) is 6.20 Å². The minimum Gasteiger partial charge on any atom is -0.476 e. The summed E-state index contributed by atoms with van der Waals surface area (Å²) in [7, 11) is 1.90. The summed E-state index contributed by atoms with van der Waals surface area (Å²) in [6, 6.07) is 3.29. The lowest BCUT2D eigenvalue weighted by molar-refractivity contribution is 0.0687. The third-order valence-corrected chi connectivity index (χ3v) is 3.26. The summed E-state index contributed by atoms with van der Waals surface area (Å²) in [6.07, 6.45) is 7.07. The zero-order chi connectivity index (χ0) is 17.8. The standard InChI is InChI=1S/C17H13N5O3/c1-11-3-4-12(10-22(11)2)5-6-13-7-8-14(9-18-13)25-16-15(17(23)24)19-21-20-16/h3-4,7-10H,1H2,2H3,(H,23,24)(H,19,20,21). The van der Waals surface area contributed by atoms with E-state index >= 15 is 0 Å². The summed E-state index contributed by atoms with van der Waals surface area (Å²) < 4.78 is 5.35. The Morgan fingerprint density at radius 1 is 1.36 bits per heavy atom. The van der Waals surface area contributed by atoms with Gasteiger partial charge in [0.15, 0.2) is 0 Å². The van der Waals surface area contributed by atoms with Crippen LogP contribution >= 0.6 is 0 Å². The molecule has 1 aliphatic rings. The van der Waals surface area contributed by atoms with Gasteiger partial charge in [0.1, 0.15) is 11.4 Å². The molecule has 8 heteroatoms. The number of carboxylic acid groups (broad SMARTS) is 1. The molecule has 25 heavy (non-hydrogen) atoms. The lowest BCUT2D eigenvalue weighted by Gasteiger charge is -2.17. The lowest BCUT2D eigenvalue weighted by Crippen LogP contribution is -2.10. The molecule has 0 spiro atoms. The van der Waals surface area contributed by atoms with Gasteiger partial charge >= 0.3 is 5.97 Å². The number of ether oxygens (including phenoxy) is 1. The minimum absolute atomic E-state index is 0.131. The van der Waals surface area contributed by atoms with Crippen molar-refractivity contribution in [2.75, 3.05) is 7.05 Å². The second-order valence-corrected chi connectivity index (χ2v) is 5.05. The van der Waals surface area contributed by atoms with E-state index in [1.807, 2.05) is 30.3 Å². The number of hydrogen-bond donors (Lipinski definition) is 2. The quantitative estimate of drug-likeness (QED) is 0.826. The summed E-state index contributed by atoms with van der Waals surface area (Å²) in [5, 5.41) is 18.2. The van der Waals surface area contributed by atoms with Gasteiger partial charge in [-0.1, -0.05) is 22.8 Å². The zero-order valence-corrected chi connectivity index (χ0v) is 13.2. The number of carboxylic acids is 1. The van der Waals surface area contributed by atoms with Crippen molar-refractivity contribution in [3.05, 3.63) is 65.9 Å². The van der Waals surface area contributed by atoms with Gasteiger partial charge in [0.25, 0.3) is 5.88 Å². The topological polar surface area (TPSA) is 104 Å². The molecule has 0 aromatic carbocycles. The minimum atomic E-state index is -1.21. The molecule has 0 bridgehead atoms. The van der Waals surface area contributed by atoms with Crippen LogP contribution in [0.4, 0.5) is 0 Å². The Bertz CT molecular complexity index is 945. The van der Waals surface area contributed by atoms with Gasteiger partial charge in [-0.25, -0.2) is 14.9 Å². The Morgan fingerprint density at radius 3 is 2.88 bits per heavy atom. The molecular formula is C17H13N5O3. The summed E-state index contributed by atoms with van der Waals surface area (Å²) in [5.74, 6) is 4.94. The molecule has 3 heterocycles. The van der Waals surface area contributed by atoms with Crippen molar-refractivity contribution in [2.45, 2.75) is 0 Å². The maximum atomic E-state index is 11.0. The van der Waals surface area contributed by atoms with Crippen LogP contribution in [0.5, 0.6) is 11.6 Å². The van der Waals surface area contributed by atoms with Crippen LogP contribution in [-0.4, -0.2) is 43.4 Å². The summed E-state index contributed by atoms with van der Waals surface area (Å²) in [4.78, 5) is 17.0. The lowest BCUT2D eigenvalue weighted by atomic mass is 10.2. The number of pyridine rings is 1. The maximum absolute atomic E-state index is 11.0. The monoisotopic (exact) mass is 335 g/mol. The van der Waals surface area contributed by atoms with Gasteiger partial charge in [0, 0.05) is 24.5 Å². The van der Waals surface area contributed by atoms with Crippen LogP contribution in [0.3, 0.4) is 0 Å². The summed E-state index contributed by atoms with van der Waals surface area (Å²) >= 11 is 0. The molecule has 3 rings (SSSR count). The van der Waals surface area contributed by atoms with Gasteiger partial charge < -0.3 is 14.7 Å². The Hall–Kier alpha value is -3.86. The molecule has 0 fully saturated rings. The van der Waals surface area contributed by atoms with E-state index in [4.69, 9.17) is 9.84 Å². The molecule has 1 aliphatic heterocycles. The molecule has 0 amide bonds. The first-order valence-corrected chi connectivity index (χ1v) is 7.15. The molecule has 2 aromatic heterocycles. The van der Waals surface area contributed by atoms with E-state index in [9.17, 15) is 4.79 Å². The fraction of sp³-hybridized carbons (Fsp3) is 0.0588. The van der Waals surface area contributed by atoms with Crippen molar-refractivity contribution in [2.24, 2.45) is 0 Å². The number of carbonyl (C=O) groups is 1. The fourth-order valence-electron chi connectivity index (χ4n) is 1.90. The predicted octanol–water partition coefficient (Wildman–Crippen LogP) is 1.94. The Labute approximate surface area is 143 Å². The van der Waals surface area contributed by atoms with E-state index in [1.54, 1.807) is 12.1 Å². The predicted molar refractivity (Wildman–Crippen MR) is 88.7 cm³/mol. The molecule has 0 unspecified atom stereocenters. The molecule has 2 aromatic rings. The van der Waals surface area contributed by atoms with E-state index in [-0.39, 0.29) is 11.6 Å². The third-order valence-electron chi connectivity index (χ3n) is 3.26. The number of rotatable bonds is 3. The first kappa shape index (κ1) is 16.0. The van der Waals surface area contributed by atoms with E-state index in [2.05, 4.69) is 38.8 Å². The molecule has 2 N–H and O–H groups in total. The molecule has 0 saturated carbocycles. The van der Waals surface area contributed by atoms with Crippen molar-refractivity contribution >= 4 is 5.97 Å². The van der Waals surface area contributed by atoms with Gasteiger partial charge in [0.05, 0.1) is 6.20 Å². The van der Waals surface area contributed by atoms with Crippen LogP contribution in [0.2, 0.25) is 0 Å². The van der Waals surface area contributed by atoms with Crippen molar-refractivity contribution < 1.29 is 14.6 Å². The van der Waals surface area contributed by atoms with Crippen LogP contribution in [0, 0.1) is 11.8 Å². The molecular weight excluding hydrogens is 322 g/mol. The second kappa shape index (κ2) is 6.72. The Morgan fingerprint density at radius 2 is 2.20 bits per heavy atom. The highest BCUT2D eigenvalue weighted by Gasteiger charge is 2.16. The number of allylic oxidation sites excluding steroid dienone is 3. The van der Waals surface area contributed by atoms with E-state index in [0.717, 1.165) is 11.3 Å². The van der Waals surface area contributed by atoms with Crippen molar-refractivity contribution in [3.8, 4) is 23.5 Å². The first-order chi connectivity index (χ1) is 12.0. The number of H-pyrrole nitrogens is 1. The summed E-state index contributed by atoms with van der Waals surface area (Å²) in [5.41, 5.74) is 2.04. The van der Waals surface area contributed by atoms with Crippen LogP contribution < -0.4 is 4.74 Å². The number of nitrogens with one attached hydrogen (secondary N) is 1. The molecule has 124 valence electrons. The Kier molecular flexibility index (Phi) is 4.30. The number of aromatic amines is 1. The summed E-state index contributed by atoms with van der Waals surface area (Å²) in [6.45, 7) is 3.88. The van der Waals surface area contributed by atoms with Gasteiger partial charge in [0.2, 0.25) is 5.69 Å². The number of nitrogens with zero attached hydrogens (tertiary/aromatic N) is 4. The maximum Gasteiger partial charge on any atom is 0.359 e. The molecule has 0 atom stereocenters. The molecule has 8 nitrogen and oxygen atoms in total. The van der Waals surface area contributed by atoms with Crippen molar-refractivity contribution in [1.29, 1.82) is 0 Å². The second-order valence-electron chi connectivity index (χ2n) is 5.05. The number of aromatic nitrogens is 4.